The lowest BCUT2D eigenvalue weighted by Gasteiger charge is -1.95. The van der Waals surface area contributed by atoms with Gasteiger partial charge < -0.3 is 9.52 Å². The molecule has 82 valence electrons. The van der Waals surface area contributed by atoms with Crippen LogP contribution in [0.2, 0.25) is 5.02 Å². The average molecular weight is 238 g/mol. The van der Waals surface area contributed by atoms with E-state index in [0.717, 1.165) is 12.8 Å². The summed E-state index contributed by atoms with van der Waals surface area (Å²) in [4.78, 5) is 15.3. The van der Waals surface area contributed by atoms with Gasteiger partial charge in [0.15, 0.2) is 11.5 Å². The highest BCUT2D eigenvalue weighted by Gasteiger charge is 2.29. The Morgan fingerprint density at radius 2 is 2.25 bits per heavy atom. The molecule has 0 amide bonds. The van der Waals surface area contributed by atoms with E-state index < -0.39 is 5.97 Å². The number of aromatic carboxylic acids is 1. The molecule has 0 bridgehead atoms. The van der Waals surface area contributed by atoms with Gasteiger partial charge in [0.1, 0.15) is 5.52 Å². The minimum atomic E-state index is -1.04. The number of oxazole rings is 1. The lowest BCUT2D eigenvalue weighted by Crippen LogP contribution is -1.97. The van der Waals surface area contributed by atoms with E-state index in [4.69, 9.17) is 21.1 Å². The van der Waals surface area contributed by atoms with Crippen LogP contribution in [-0.2, 0) is 0 Å². The topological polar surface area (TPSA) is 63.3 Å². The minimum Gasteiger partial charge on any atom is -0.478 e. The third kappa shape index (κ3) is 1.46. The molecule has 0 spiro atoms. The minimum absolute atomic E-state index is 0.0955. The summed E-state index contributed by atoms with van der Waals surface area (Å²) in [5.41, 5.74) is 0.934. The lowest BCUT2D eigenvalue weighted by molar-refractivity contribution is 0.0699. The molecule has 16 heavy (non-hydrogen) atoms. The van der Waals surface area contributed by atoms with Crippen molar-refractivity contribution in [2.45, 2.75) is 18.8 Å². The van der Waals surface area contributed by atoms with Crippen LogP contribution in [0.4, 0.5) is 0 Å². The number of carboxylic acids is 1. The van der Waals surface area contributed by atoms with Crippen molar-refractivity contribution in [2.75, 3.05) is 0 Å². The zero-order valence-corrected chi connectivity index (χ0v) is 8.99. The first-order valence-electron chi connectivity index (χ1n) is 4.98. The van der Waals surface area contributed by atoms with Crippen molar-refractivity contribution >= 4 is 28.7 Å². The van der Waals surface area contributed by atoms with Crippen LogP contribution in [0.3, 0.4) is 0 Å². The first kappa shape index (κ1) is 9.66. The molecule has 0 unspecified atom stereocenters. The number of rotatable bonds is 2. The first-order chi connectivity index (χ1) is 7.65. The summed E-state index contributed by atoms with van der Waals surface area (Å²) in [6, 6.07) is 2.99. The number of carboxylic acid groups (broad SMARTS) is 1. The van der Waals surface area contributed by atoms with E-state index in [1.165, 1.54) is 6.07 Å². The SMILES string of the molecule is O=C(O)c1cc(Cl)cc2oc(C3CC3)nc12. The normalized spacial score (nSPS) is 15.6. The number of nitrogens with zero attached hydrogens (tertiary/aromatic N) is 1. The Labute approximate surface area is 95.8 Å². The summed E-state index contributed by atoms with van der Waals surface area (Å²) in [5.74, 6) is -0.0595. The van der Waals surface area contributed by atoms with Gasteiger partial charge >= 0.3 is 5.97 Å². The van der Waals surface area contributed by atoms with Crippen LogP contribution in [-0.4, -0.2) is 16.1 Å². The predicted molar refractivity (Wildman–Crippen MR) is 58.0 cm³/mol. The quantitative estimate of drug-likeness (QED) is 0.872. The number of hydrogen-bond donors (Lipinski definition) is 1. The molecule has 1 saturated carbocycles. The molecule has 3 rings (SSSR count). The molecule has 1 aliphatic rings. The number of halogens is 1. The fourth-order valence-corrected chi connectivity index (χ4v) is 1.89. The van der Waals surface area contributed by atoms with E-state index in [9.17, 15) is 4.79 Å². The highest BCUT2D eigenvalue weighted by atomic mass is 35.5. The van der Waals surface area contributed by atoms with Crippen molar-refractivity contribution in [3.63, 3.8) is 0 Å². The molecule has 4 nitrogen and oxygen atoms in total. The summed E-state index contributed by atoms with van der Waals surface area (Å²) in [6.07, 6.45) is 2.12. The van der Waals surface area contributed by atoms with Gasteiger partial charge in [0, 0.05) is 17.0 Å². The Morgan fingerprint density at radius 1 is 1.50 bits per heavy atom. The molecule has 1 aromatic heterocycles. The molecule has 0 atom stereocenters. The highest BCUT2D eigenvalue weighted by molar-refractivity contribution is 6.31. The standard InChI is InChI=1S/C11H8ClNO3/c12-6-3-7(11(14)15)9-8(4-6)16-10(13-9)5-1-2-5/h3-5H,1-2H2,(H,14,15). The van der Waals surface area contributed by atoms with E-state index in [1.54, 1.807) is 6.07 Å². The molecule has 5 heteroatoms. The molecular weight excluding hydrogens is 230 g/mol. The van der Waals surface area contributed by atoms with E-state index in [0.29, 0.717) is 27.9 Å². The molecule has 0 aliphatic heterocycles. The number of carbonyl (C=O) groups is 1. The predicted octanol–water partition coefficient (Wildman–Crippen LogP) is 3.06. The zero-order chi connectivity index (χ0) is 11.3. The van der Waals surface area contributed by atoms with Crippen LogP contribution < -0.4 is 0 Å². The zero-order valence-electron chi connectivity index (χ0n) is 8.24. The van der Waals surface area contributed by atoms with Gasteiger partial charge in [0.2, 0.25) is 0 Å². The molecule has 2 aromatic rings. The Balaban J connectivity index is 2.27. The van der Waals surface area contributed by atoms with Gasteiger partial charge in [-0.05, 0) is 18.9 Å². The number of benzene rings is 1. The summed E-state index contributed by atoms with van der Waals surface area (Å²) >= 11 is 5.82. The van der Waals surface area contributed by atoms with E-state index >= 15 is 0 Å². The maximum Gasteiger partial charge on any atom is 0.338 e. The van der Waals surface area contributed by atoms with Gasteiger partial charge in [0.05, 0.1) is 5.56 Å². The van der Waals surface area contributed by atoms with Crippen molar-refractivity contribution in [3.05, 3.63) is 28.6 Å². The van der Waals surface area contributed by atoms with Crippen LogP contribution >= 0.6 is 11.6 Å². The van der Waals surface area contributed by atoms with Crippen molar-refractivity contribution in [2.24, 2.45) is 0 Å². The van der Waals surface area contributed by atoms with Crippen molar-refractivity contribution < 1.29 is 14.3 Å². The maximum absolute atomic E-state index is 11.0. The van der Waals surface area contributed by atoms with Gasteiger partial charge in [-0.3, -0.25) is 0 Å². The van der Waals surface area contributed by atoms with Crippen molar-refractivity contribution in [1.29, 1.82) is 0 Å². The van der Waals surface area contributed by atoms with Gasteiger partial charge in [-0.1, -0.05) is 11.6 Å². The Kier molecular flexibility index (Phi) is 1.94. The van der Waals surface area contributed by atoms with Gasteiger partial charge in [-0.15, -0.1) is 0 Å². The summed E-state index contributed by atoms with van der Waals surface area (Å²) < 4.78 is 5.50. The summed E-state index contributed by atoms with van der Waals surface area (Å²) in [6.45, 7) is 0. The Bertz CT molecular complexity index is 586. The monoisotopic (exact) mass is 237 g/mol. The molecular formula is C11H8ClNO3. The van der Waals surface area contributed by atoms with E-state index in [2.05, 4.69) is 4.98 Å². The summed E-state index contributed by atoms with van der Waals surface area (Å²) in [7, 11) is 0. The van der Waals surface area contributed by atoms with Crippen molar-refractivity contribution in [1.82, 2.24) is 4.98 Å². The number of hydrogen-bond acceptors (Lipinski definition) is 3. The molecule has 1 heterocycles. The molecule has 1 fully saturated rings. The van der Waals surface area contributed by atoms with Crippen LogP contribution in [0.5, 0.6) is 0 Å². The van der Waals surface area contributed by atoms with Crippen LogP contribution in [0, 0.1) is 0 Å². The average Bonchev–Trinajstić information content (AvgIpc) is 2.98. The van der Waals surface area contributed by atoms with Gasteiger partial charge in [-0.2, -0.15) is 0 Å². The van der Waals surface area contributed by atoms with Crippen molar-refractivity contribution in [3.8, 4) is 0 Å². The Morgan fingerprint density at radius 3 is 2.88 bits per heavy atom. The molecule has 0 saturated heterocycles. The third-order valence-electron chi connectivity index (χ3n) is 2.63. The van der Waals surface area contributed by atoms with Gasteiger partial charge in [-0.25, -0.2) is 9.78 Å². The number of fused-ring (bicyclic) bond motifs is 1. The second kappa shape index (κ2) is 3.22. The lowest BCUT2D eigenvalue weighted by atomic mass is 10.2. The Hall–Kier alpha value is -1.55. The van der Waals surface area contributed by atoms with Crippen LogP contribution in [0.15, 0.2) is 16.5 Å². The van der Waals surface area contributed by atoms with Crippen LogP contribution in [0.25, 0.3) is 11.1 Å². The van der Waals surface area contributed by atoms with E-state index in [1.807, 2.05) is 0 Å². The molecule has 1 N–H and O–H groups in total. The largest absolute Gasteiger partial charge is 0.478 e. The smallest absolute Gasteiger partial charge is 0.338 e. The summed E-state index contributed by atoms with van der Waals surface area (Å²) in [5, 5.41) is 9.38. The third-order valence-corrected chi connectivity index (χ3v) is 2.85. The second-order valence-electron chi connectivity index (χ2n) is 3.93. The first-order valence-corrected chi connectivity index (χ1v) is 5.36. The highest BCUT2D eigenvalue weighted by Crippen LogP contribution is 2.41. The van der Waals surface area contributed by atoms with Crippen LogP contribution in [0.1, 0.15) is 35.0 Å². The second-order valence-corrected chi connectivity index (χ2v) is 4.37. The fraction of sp³-hybridized carbons (Fsp3) is 0.273. The maximum atomic E-state index is 11.0. The van der Waals surface area contributed by atoms with Gasteiger partial charge in [0.25, 0.3) is 0 Å². The van der Waals surface area contributed by atoms with E-state index in [-0.39, 0.29) is 5.56 Å². The molecule has 1 aliphatic carbocycles. The fourth-order valence-electron chi connectivity index (χ4n) is 1.68. The number of aromatic nitrogens is 1. The molecule has 1 aromatic carbocycles. The molecule has 0 radical (unpaired) electrons.